The molecule has 0 amide bonds. The fraction of sp³-hybridized carbons (Fsp3) is 0.231. The Bertz CT molecular complexity index is 614. The number of nitrogens with zero attached hydrogens (tertiary/aromatic N) is 3. The van der Waals surface area contributed by atoms with Crippen LogP contribution in [0.15, 0.2) is 30.6 Å². The van der Waals surface area contributed by atoms with Gasteiger partial charge in [-0.25, -0.2) is 9.97 Å². The molecule has 0 bridgehead atoms. The van der Waals surface area contributed by atoms with Gasteiger partial charge in [-0.1, -0.05) is 18.2 Å². The number of benzene rings is 1. The maximum atomic E-state index is 11.7. The van der Waals surface area contributed by atoms with E-state index in [1.165, 1.54) is 6.33 Å². The molecule has 1 aromatic heterocycles. The minimum absolute atomic E-state index is 0.236. The van der Waals surface area contributed by atoms with Crippen LogP contribution in [0.4, 0.5) is 0 Å². The van der Waals surface area contributed by atoms with Gasteiger partial charge >= 0.3 is 5.97 Å². The largest absolute Gasteiger partial charge is 0.465 e. The lowest BCUT2D eigenvalue weighted by atomic mass is 10.0. The number of hydrogen-bond acceptors (Lipinski definition) is 5. The summed E-state index contributed by atoms with van der Waals surface area (Å²) < 4.78 is 4.88. The van der Waals surface area contributed by atoms with Crippen LogP contribution in [-0.2, 0) is 9.53 Å². The zero-order chi connectivity index (χ0) is 13.0. The fourth-order valence-electron chi connectivity index (χ4n) is 1.71. The lowest BCUT2D eigenvalue weighted by molar-refractivity contribution is -0.143. The van der Waals surface area contributed by atoms with Crippen LogP contribution in [0.5, 0.6) is 0 Å². The molecule has 1 atom stereocenters. The molecule has 2 rings (SSSR count). The van der Waals surface area contributed by atoms with E-state index in [1.807, 2.05) is 18.2 Å². The number of aromatic nitrogens is 2. The molecule has 90 valence electrons. The first-order chi connectivity index (χ1) is 8.77. The molecule has 1 aromatic carbocycles. The van der Waals surface area contributed by atoms with Crippen molar-refractivity contribution in [2.45, 2.75) is 12.8 Å². The molecule has 18 heavy (non-hydrogen) atoms. The summed E-state index contributed by atoms with van der Waals surface area (Å²) in [6.45, 7) is 1.93. The zero-order valence-corrected chi connectivity index (χ0v) is 9.83. The molecule has 0 saturated heterocycles. The highest BCUT2D eigenvalue weighted by Gasteiger charge is 2.25. The van der Waals surface area contributed by atoms with Crippen molar-refractivity contribution >= 4 is 16.9 Å². The summed E-state index contributed by atoms with van der Waals surface area (Å²) in [6.07, 6.45) is 1.35. The SMILES string of the molecule is CCOC(=O)C(C#N)c1ncnc2ccccc12. The average molecular weight is 241 g/mol. The van der Waals surface area contributed by atoms with E-state index in [9.17, 15) is 4.79 Å². The van der Waals surface area contributed by atoms with Crippen molar-refractivity contribution in [1.29, 1.82) is 5.26 Å². The Hall–Kier alpha value is -2.48. The van der Waals surface area contributed by atoms with Gasteiger partial charge in [-0.2, -0.15) is 5.26 Å². The monoisotopic (exact) mass is 241 g/mol. The van der Waals surface area contributed by atoms with Gasteiger partial charge in [0.25, 0.3) is 0 Å². The first kappa shape index (κ1) is 12.0. The second kappa shape index (κ2) is 5.23. The van der Waals surface area contributed by atoms with E-state index in [1.54, 1.807) is 19.1 Å². The summed E-state index contributed by atoms with van der Waals surface area (Å²) in [5.74, 6) is -1.60. The van der Waals surface area contributed by atoms with E-state index in [2.05, 4.69) is 9.97 Å². The average Bonchev–Trinajstić information content (AvgIpc) is 2.40. The molecule has 0 N–H and O–H groups in total. The lowest BCUT2D eigenvalue weighted by Crippen LogP contribution is -2.16. The molecule has 0 aliphatic rings. The third-order valence-corrected chi connectivity index (χ3v) is 2.50. The van der Waals surface area contributed by atoms with E-state index in [4.69, 9.17) is 10.00 Å². The standard InChI is InChI=1S/C13H11N3O2/c1-2-18-13(17)10(7-14)12-9-5-3-4-6-11(9)15-8-16-12/h3-6,8,10H,2H2,1H3. The smallest absolute Gasteiger partial charge is 0.329 e. The number of ether oxygens (including phenoxy) is 1. The van der Waals surface area contributed by atoms with Crippen LogP contribution in [-0.4, -0.2) is 22.5 Å². The van der Waals surface area contributed by atoms with Crippen molar-refractivity contribution in [3.05, 3.63) is 36.3 Å². The third kappa shape index (κ3) is 2.13. The minimum Gasteiger partial charge on any atom is -0.465 e. The predicted molar refractivity (Wildman–Crippen MR) is 64.5 cm³/mol. The summed E-state index contributed by atoms with van der Waals surface area (Å²) in [5, 5.41) is 9.82. The molecule has 1 unspecified atom stereocenters. The predicted octanol–water partition coefficient (Wildman–Crippen LogP) is 1.80. The Kier molecular flexibility index (Phi) is 3.49. The second-order valence-corrected chi connectivity index (χ2v) is 3.59. The number of carbonyl (C=O) groups is 1. The van der Waals surface area contributed by atoms with E-state index >= 15 is 0 Å². The van der Waals surface area contributed by atoms with Crippen molar-refractivity contribution in [2.75, 3.05) is 6.61 Å². The molecular weight excluding hydrogens is 230 g/mol. The van der Waals surface area contributed by atoms with Gasteiger partial charge in [0.2, 0.25) is 0 Å². The van der Waals surface area contributed by atoms with Crippen LogP contribution in [0.1, 0.15) is 18.5 Å². The van der Waals surface area contributed by atoms with E-state index in [0.29, 0.717) is 16.6 Å². The van der Waals surface area contributed by atoms with Gasteiger partial charge in [0.15, 0.2) is 5.92 Å². The van der Waals surface area contributed by atoms with Crippen LogP contribution < -0.4 is 0 Å². The highest BCUT2D eigenvalue weighted by Crippen LogP contribution is 2.22. The van der Waals surface area contributed by atoms with Gasteiger partial charge in [-0.05, 0) is 13.0 Å². The van der Waals surface area contributed by atoms with E-state index in [-0.39, 0.29) is 6.61 Å². The summed E-state index contributed by atoms with van der Waals surface area (Å²) in [7, 11) is 0. The molecule has 0 aliphatic carbocycles. The Morgan fingerprint density at radius 1 is 1.44 bits per heavy atom. The molecule has 5 nitrogen and oxygen atoms in total. The number of nitriles is 1. The van der Waals surface area contributed by atoms with Crippen LogP contribution >= 0.6 is 0 Å². The molecule has 1 heterocycles. The zero-order valence-electron chi connectivity index (χ0n) is 9.83. The Morgan fingerprint density at radius 2 is 2.22 bits per heavy atom. The molecule has 0 fully saturated rings. The van der Waals surface area contributed by atoms with Crippen molar-refractivity contribution in [3.63, 3.8) is 0 Å². The summed E-state index contributed by atoms with van der Waals surface area (Å²) in [4.78, 5) is 19.9. The normalized spacial score (nSPS) is 11.8. The van der Waals surface area contributed by atoms with Crippen LogP contribution in [0.3, 0.4) is 0 Å². The number of carbonyl (C=O) groups excluding carboxylic acids is 1. The van der Waals surface area contributed by atoms with Crippen molar-refractivity contribution in [1.82, 2.24) is 9.97 Å². The van der Waals surface area contributed by atoms with Crippen molar-refractivity contribution in [2.24, 2.45) is 0 Å². The quantitative estimate of drug-likeness (QED) is 0.766. The molecule has 0 saturated carbocycles. The highest BCUT2D eigenvalue weighted by atomic mass is 16.5. The van der Waals surface area contributed by atoms with Gasteiger partial charge in [-0.3, -0.25) is 4.79 Å². The van der Waals surface area contributed by atoms with Crippen molar-refractivity contribution < 1.29 is 9.53 Å². The molecule has 0 radical (unpaired) electrons. The summed E-state index contributed by atoms with van der Waals surface area (Å²) >= 11 is 0. The second-order valence-electron chi connectivity index (χ2n) is 3.59. The van der Waals surface area contributed by atoms with Gasteiger partial charge in [0, 0.05) is 5.39 Å². The number of para-hydroxylation sites is 1. The number of fused-ring (bicyclic) bond motifs is 1. The summed E-state index contributed by atoms with van der Waals surface area (Å²) in [5.41, 5.74) is 1.09. The minimum atomic E-state index is -1.02. The third-order valence-electron chi connectivity index (χ3n) is 2.50. The van der Waals surface area contributed by atoms with Crippen molar-refractivity contribution in [3.8, 4) is 6.07 Å². The molecule has 0 spiro atoms. The Labute approximate surface area is 104 Å². The fourth-order valence-corrected chi connectivity index (χ4v) is 1.71. The molecule has 5 heteroatoms. The van der Waals surface area contributed by atoms with Gasteiger partial charge in [0.1, 0.15) is 6.33 Å². The lowest BCUT2D eigenvalue weighted by Gasteiger charge is -2.09. The highest BCUT2D eigenvalue weighted by molar-refractivity contribution is 5.89. The van der Waals surface area contributed by atoms with Crippen LogP contribution in [0.2, 0.25) is 0 Å². The Morgan fingerprint density at radius 3 is 2.94 bits per heavy atom. The number of esters is 1. The van der Waals surface area contributed by atoms with Gasteiger partial charge < -0.3 is 4.74 Å². The summed E-state index contributed by atoms with van der Waals surface area (Å²) in [6, 6.07) is 9.17. The molecule has 0 aliphatic heterocycles. The number of rotatable bonds is 3. The molecule has 2 aromatic rings. The van der Waals surface area contributed by atoms with Crippen LogP contribution in [0, 0.1) is 11.3 Å². The Balaban J connectivity index is 2.52. The topological polar surface area (TPSA) is 75.9 Å². The van der Waals surface area contributed by atoms with E-state index in [0.717, 1.165) is 0 Å². The number of hydrogen-bond donors (Lipinski definition) is 0. The molecular formula is C13H11N3O2. The van der Waals surface area contributed by atoms with Gasteiger partial charge in [-0.15, -0.1) is 0 Å². The maximum absolute atomic E-state index is 11.7. The first-order valence-corrected chi connectivity index (χ1v) is 5.53. The van der Waals surface area contributed by atoms with E-state index < -0.39 is 11.9 Å². The first-order valence-electron chi connectivity index (χ1n) is 5.53. The maximum Gasteiger partial charge on any atom is 0.329 e. The van der Waals surface area contributed by atoms with Gasteiger partial charge in [0.05, 0.1) is 23.9 Å². The van der Waals surface area contributed by atoms with Crippen LogP contribution in [0.25, 0.3) is 10.9 Å².